The smallest absolute Gasteiger partial charge is 0.0715 e. The van der Waals surface area contributed by atoms with E-state index in [-0.39, 0.29) is 5.92 Å². The lowest BCUT2D eigenvalue weighted by molar-refractivity contribution is 0.154. The Hall–Kier alpha value is -1.26. The van der Waals surface area contributed by atoms with Crippen molar-refractivity contribution in [2.75, 3.05) is 0 Å². The molecule has 0 saturated heterocycles. The summed E-state index contributed by atoms with van der Waals surface area (Å²) < 4.78 is 0. The third kappa shape index (κ3) is 2.61. The highest BCUT2D eigenvalue weighted by molar-refractivity contribution is 5.20. The second-order valence-corrected chi connectivity index (χ2v) is 3.17. The molecule has 2 atom stereocenters. The molecule has 0 unspecified atom stereocenters. The highest BCUT2D eigenvalue weighted by Gasteiger charge is 2.14. The first kappa shape index (κ1) is 9.83. The molecule has 1 nitrogen and oxygen atoms in total. The number of aliphatic hydroxyl groups is 1. The lowest BCUT2D eigenvalue weighted by atomic mass is 9.94. The number of terminal acetylenes is 1. The van der Waals surface area contributed by atoms with E-state index in [4.69, 9.17) is 6.42 Å². The average Bonchev–Trinajstić information content (AvgIpc) is 2.18. The molecule has 68 valence electrons. The maximum Gasteiger partial charge on any atom is 0.0715 e. The van der Waals surface area contributed by atoms with Gasteiger partial charge in [0.2, 0.25) is 0 Å². The molecule has 13 heavy (non-hydrogen) atoms. The van der Waals surface area contributed by atoms with Crippen molar-refractivity contribution in [3.8, 4) is 12.3 Å². The van der Waals surface area contributed by atoms with Crippen LogP contribution in [0.15, 0.2) is 30.3 Å². The molecule has 0 radical (unpaired) electrons. The minimum absolute atomic E-state index is 0.109. The fourth-order valence-electron chi connectivity index (χ4n) is 1.28. The number of rotatable bonds is 3. The molecule has 0 heterocycles. The predicted octanol–water partition coefficient (Wildman–Crippen LogP) is 2.17. The quantitative estimate of drug-likeness (QED) is 0.696. The van der Waals surface area contributed by atoms with Crippen LogP contribution in [0.1, 0.15) is 24.8 Å². The lowest BCUT2D eigenvalue weighted by Crippen LogP contribution is -2.14. The van der Waals surface area contributed by atoms with E-state index in [9.17, 15) is 5.11 Å². The highest BCUT2D eigenvalue weighted by atomic mass is 16.3. The van der Waals surface area contributed by atoms with Gasteiger partial charge in [-0.3, -0.25) is 0 Å². The van der Waals surface area contributed by atoms with Crippen molar-refractivity contribution in [2.45, 2.75) is 25.4 Å². The van der Waals surface area contributed by atoms with Gasteiger partial charge >= 0.3 is 0 Å². The molecule has 1 aromatic carbocycles. The van der Waals surface area contributed by atoms with Gasteiger partial charge < -0.3 is 5.11 Å². The normalized spacial score (nSPS) is 14.5. The summed E-state index contributed by atoms with van der Waals surface area (Å²) in [4.78, 5) is 0. The Balaban J connectivity index is 2.69. The van der Waals surface area contributed by atoms with E-state index in [1.165, 1.54) is 0 Å². The van der Waals surface area contributed by atoms with Crippen LogP contribution in [0, 0.1) is 12.3 Å². The van der Waals surface area contributed by atoms with Crippen molar-refractivity contribution in [2.24, 2.45) is 0 Å². The molecule has 0 amide bonds. The highest BCUT2D eigenvalue weighted by Crippen LogP contribution is 2.20. The van der Waals surface area contributed by atoms with Crippen LogP contribution in [0.5, 0.6) is 0 Å². The number of aliphatic hydroxyl groups excluding tert-OH is 1. The minimum Gasteiger partial charge on any atom is -0.392 e. The van der Waals surface area contributed by atoms with Gasteiger partial charge in [-0.05, 0) is 5.56 Å². The topological polar surface area (TPSA) is 20.2 Å². The van der Waals surface area contributed by atoms with Gasteiger partial charge in [0.25, 0.3) is 0 Å². The van der Waals surface area contributed by atoms with Gasteiger partial charge in [-0.25, -0.2) is 0 Å². The van der Waals surface area contributed by atoms with Gasteiger partial charge in [0.1, 0.15) is 0 Å². The number of hydrogen-bond donors (Lipinski definition) is 1. The van der Waals surface area contributed by atoms with Crippen LogP contribution in [0.3, 0.4) is 0 Å². The zero-order chi connectivity index (χ0) is 9.68. The Labute approximate surface area is 79.4 Å². The molecule has 0 saturated carbocycles. The summed E-state index contributed by atoms with van der Waals surface area (Å²) in [7, 11) is 0. The van der Waals surface area contributed by atoms with E-state index in [1.54, 1.807) is 0 Å². The van der Waals surface area contributed by atoms with Gasteiger partial charge in [0.05, 0.1) is 6.10 Å². The van der Waals surface area contributed by atoms with Gasteiger partial charge in [-0.15, -0.1) is 12.3 Å². The maximum atomic E-state index is 9.63. The third-order valence-electron chi connectivity index (χ3n) is 2.23. The van der Waals surface area contributed by atoms with Crippen LogP contribution in [0.4, 0.5) is 0 Å². The standard InChI is InChI=1S/C12H14O/c1-3-7-12(13)10(2)11-8-5-4-6-9-11/h1,4-6,8-10,12-13H,7H2,2H3/t10-,12-/m0/s1. The van der Waals surface area contributed by atoms with Gasteiger partial charge in [0.15, 0.2) is 0 Å². The van der Waals surface area contributed by atoms with Crippen LogP contribution >= 0.6 is 0 Å². The Morgan fingerprint density at radius 1 is 1.38 bits per heavy atom. The van der Waals surface area contributed by atoms with Crippen LogP contribution in [-0.2, 0) is 0 Å². The average molecular weight is 174 g/mol. The van der Waals surface area contributed by atoms with E-state index in [0.29, 0.717) is 6.42 Å². The largest absolute Gasteiger partial charge is 0.392 e. The fourth-order valence-corrected chi connectivity index (χ4v) is 1.28. The molecule has 0 aliphatic heterocycles. The van der Waals surface area contributed by atoms with E-state index < -0.39 is 6.10 Å². The fraction of sp³-hybridized carbons (Fsp3) is 0.333. The second-order valence-electron chi connectivity index (χ2n) is 3.17. The van der Waals surface area contributed by atoms with E-state index in [0.717, 1.165) is 5.56 Å². The van der Waals surface area contributed by atoms with Crippen molar-refractivity contribution < 1.29 is 5.11 Å². The summed E-state index contributed by atoms with van der Waals surface area (Å²) in [6.07, 6.45) is 5.11. The second kappa shape index (κ2) is 4.69. The summed E-state index contributed by atoms with van der Waals surface area (Å²) >= 11 is 0. The van der Waals surface area contributed by atoms with Crippen molar-refractivity contribution in [1.29, 1.82) is 0 Å². The minimum atomic E-state index is -0.438. The van der Waals surface area contributed by atoms with E-state index >= 15 is 0 Å². The molecule has 0 spiro atoms. The molecule has 1 N–H and O–H groups in total. The Kier molecular flexibility index (Phi) is 3.54. The summed E-state index contributed by atoms with van der Waals surface area (Å²) in [5, 5.41) is 9.63. The lowest BCUT2D eigenvalue weighted by Gasteiger charge is -2.16. The van der Waals surface area contributed by atoms with Crippen molar-refractivity contribution >= 4 is 0 Å². The van der Waals surface area contributed by atoms with E-state index in [2.05, 4.69) is 5.92 Å². The van der Waals surface area contributed by atoms with Crippen molar-refractivity contribution in [1.82, 2.24) is 0 Å². The molecule has 1 aromatic rings. The zero-order valence-electron chi connectivity index (χ0n) is 7.77. The molecule has 1 heteroatoms. The number of hydrogen-bond acceptors (Lipinski definition) is 1. The van der Waals surface area contributed by atoms with Crippen LogP contribution in [0.25, 0.3) is 0 Å². The Bertz CT molecular complexity index is 284. The van der Waals surface area contributed by atoms with Gasteiger partial charge in [-0.2, -0.15) is 0 Å². The first-order valence-electron chi connectivity index (χ1n) is 4.42. The summed E-state index contributed by atoms with van der Waals surface area (Å²) in [5.41, 5.74) is 1.13. The maximum absolute atomic E-state index is 9.63. The van der Waals surface area contributed by atoms with Crippen molar-refractivity contribution in [3.05, 3.63) is 35.9 Å². The van der Waals surface area contributed by atoms with E-state index in [1.807, 2.05) is 37.3 Å². The predicted molar refractivity (Wildman–Crippen MR) is 54.3 cm³/mol. The summed E-state index contributed by atoms with van der Waals surface area (Å²) in [6.45, 7) is 1.98. The van der Waals surface area contributed by atoms with Gasteiger partial charge in [0, 0.05) is 12.3 Å². The van der Waals surface area contributed by atoms with Crippen LogP contribution in [0.2, 0.25) is 0 Å². The monoisotopic (exact) mass is 174 g/mol. The van der Waals surface area contributed by atoms with Crippen molar-refractivity contribution in [3.63, 3.8) is 0 Å². The van der Waals surface area contributed by atoms with Crippen LogP contribution < -0.4 is 0 Å². The molecular weight excluding hydrogens is 160 g/mol. The summed E-state index contributed by atoms with van der Waals surface area (Å²) in [6, 6.07) is 9.90. The molecule has 0 bridgehead atoms. The molecule has 0 aliphatic rings. The molecule has 0 fully saturated rings. The molecular formula is C12H14O. The first-order valence-corrected chi connectivity index (χ1v) is 4.42. The van der Waals surface area contributed by atoms with Gasteiger partial charge in [-0.1, -0.05) is 37.3 Å². The first-order chi connectivity index (χ1) is 6.25. The molecule has 0 aromatic heterocycles. The Morgan fingerprint density at radius 3 is 2.54 bits per heavy atom. The molecule has 0 aliphatic carbocycles. The zero-order valence-corrected chi connectivity index (χ0v) is 7.77. The summed E-state index contributed by atoms with van der Waals surface area (Å²) in [5.74, 6) is 2.58. The molecule has 1 rings (SSSR count). The van der Waals surface area contributed by atoms with Crippen LogP contribution in [-0.4, -0.2) is 11.2 Å². The SMILES string of the molecule is C#CC[C@H](O)[C@@H](C)c1ccccc1. The third-order valence-corrected chi connectivity index (χ3v) is 2.23. The Morgan fingerprint density at radius 2 is 2.00 bits per heavy atom. The number of benzene rings is 1.